The second-order valence-electron chi connectivity index (χ2n) is 5.47. The van der Waals surface area contributed by atoms with Crippen LogP contribution in [0.4, 0.5) is 11.8 Å². The van der Waals surface area contributed by atoms with Gasteiger partial charge >= 0.3 is 0 Å². The van der Waals surface area contributed by atoms with Crippen molar-refractivity contribution in [1.29, 1.82) is 0 Å². The molecule has 0 amide bonds. The minimum atomic E-state index is 0.577. The molecule has 1 saturated heterocycles. The number of nitrogens with one attached hydrogen (secondary N) is 1. The Morgan fingerprint density at radius 3 is 2.83 bits per heavy atom. The molecule has 0 aliphatic carbocycles. The van der Waals surface area contributed by atoms with Crippen molar-refractivity contribution in [2.75, 3.05) is 23.3 Å². The van der Waals surface area contributed by atoms with Gasteiger partial charge in [-0.3, -0.25) is 0 Å². The standard InChI is InChI=1S/C14H24N4/c1-5-6-15-14-16-8-11(3)13(17-14)18-9-10(2)7-12(18)4/h8,10,12H,5-7,9H2,1-4H3,(H,15,16,17). The number of nitrogens with zero attached hydrogens (tertiary/aromatic N) is 3. The number of aryl methyl sites for hydroxylation is 1. The SMILES string of the molecule is CCCNc1ncc(C)c(N2CC(C)CC2C)n1. The van der Waals surface area contributed by atoms with Crippen molar-refractivity contribution in [2.24, 2.45) is 5.92 Å². The molecule has 2 unspecified atom stereocenters. The molecule has 0 saturated carbocycles. The van der Waals surface area contributed by atoms with E-state index >= 15 is 0 Å². The Morgan fingerprint density at radius 2 is 2.22 bits per heavy atom. The molecular formula is C14H24N4. The van der Waals surface area contributed by atoms with Crippen LogP contribution in [0.3, 0.4) is 0 Å². The van der Waals surface area contributed by atoms with Gasteiger partial charge in [0.1, 0.15) is 5.82 Å². The summed E-state index contributed by atoms with van der Waals surface area (Å²) in [5, 5.41) is 3.26. The van der Waals surface area contributed by atoms with Crippen LogP contribution in [0.15, 0.2) is 6.20 Å². The maximum Gasteiger partial charge on any atom is 0.224 e. The van der Waals surface area contributed by atoms with Crippen LogP contribution in [0, 0.1) is 12.8 Å². The van der Waals surface area contributed by atoms with E-state index in [1.165, 1.54) is 6.42 Å². The van der Waals surface area contributed by atoms with Gasteiger partial charge in [-0.25, -0.2) is 4.98 Å². The highest BCUT2D eigenvalue weighted by molar-refractivity contribution is 5.50. The summed E-state index contributed by atoms with van der Waals surface area (Å²) in [7, 11) is 0. The molecule has 18 heavy (non-hydrogen) atoms. The molecule has 1 aliphatic rings. The average molecular weight is 248 g/mol. The highest BCUT2D eigenvalue weighted by Gasteiger charge is 2.28. The van der Waals surface area contributed by atoms with Gasteiger partial charge in [-0.05, 0) is 32.6 Å². The van der Waals surface area contributed by atoms with Crippen LogP contribution in [0.25, 0.3) is 0 Å². The zero-order valence-corrected chi connectivity index (χ0v) is 11.9. The van der Waals surface area contributed by atoms with Crippen LogP contribution in [0.2, 0.25) is 0 Å². The fraction of sp³-hybridized carbons (Fsp3) is 0.714. The molecule has 0 bridgehead atoms. The molecule has 1 aromatic heterocycles. The number of anilines is 2. The Kier molecular flexibility index (Phi) is 4.04. The monoisotopic (exact) mass is 248 g/mol. The minimum absolute atomic E-state index is 0.577. The van der Waals surface area contributed by atoms with E-state index in [0.29, 0.717) is 6.04 Å². The predicted octanol–water partition coefficient (Wildman–Crippen LogP) is 2.84. The lowest BCUT2D eigenvalue weighted by molar-refractivity contribution is 0.625. The fourth-order valence-corrected chi connectivity index (χ4v) is 2.64. The van der Waals surface area contributed by atoms with Crippen LogP contribution in [0.1, 0.15) is 39.2 Å². The molecule has 1 aliphatic heterocycles. The van der Waals surface area contributed by atoms with Gasteiger partial charge in [-0.2, -0.15) is 4.98 Å². The average Bonchev–Trinajstić information content (AvgIpc) is 2.67. The molecule has 4 nitrogen and oxygen atoms in total. The third kappa shape index (κ3) is 2.74. The van der Waals surface area contributed by atoms with Gasteiger partial charge in [0.2, 0.25) is 5.95 Å². The molecule has 0 spiro atoms. The van der Waals surface area contributed by atoms with Crippen LogP contribution >= 0.6 is 0 Å². The maximum atomic E-state index is 4.68. The fourth-order valence-electron chi connectivity index (χ4n) is 2.64. The Labute approximate surface area is 110 Å². The molecule has 100 valence electrons. The highest BCUT2D eigenvalue weighted by atomic mass is 15.3. The molecule has 2 rings (SSSR count). The van der Waals surface area contributed by atoms with E-state index in [0.717, 1.165) is 42.8 Å². The van der Waals surface area contributed by atoms with Crippen molar-refractivity contribution < 1.29 is 0 Å². The molecule has 1 N–H and O–H groups in total. The summed E-state index contributed by atoms with van der Waals surface area (Å²) in [5.74, 6) is 2.60. The quantitative estimate of drug-likeness (QED) is 0.889. The number of hydrogen-bond donors (Lipinski definition) is 1. The molecule has 0 aromatic carbocycles. The highest BCUT2D eigenvalue weighted by Crippen LogP contribution is 2.29. The Bertz CT molecular complexity index is 405. The van der Waals surface area contributed by atoms with Crippen molar-refractivity contribution in [3.05, 3.63) is 11.8 Å². The normalized spacial score (nSPS) is 23.4. The first kappa shape index (κ1) is 13.1. The van der Waals surface area contributed by atoms with Crippen molar-refractivity contribution in [1.82, 2.24) is 9.97 Å². The largest absolute Gasteiger partial charge is 0.354 e. The second-order valence-corrected chi connectivity index (χ2v) is 5.47. The van der Waals surface area contributed by atoms with Gasteiger partial charge in [-0.15, -0.1) is 0 Å². The Hall–Kier alpha value is -1.32. The second kappa shape index (κ2) is 5.55. The van der Waals surface area contributed by atoms with E-state index in [1.807, 2.05) is 6.20 Å². The van der Waals surface area contributed by atoms with Crippen LogP contribution < -0.4 is 10.2 Å². The van der Waals surface area contributed by atoms with Gasteiger partial charge in [0.25, 0.3) is 0 Å². The van der Waals surface area contributed by atoms with Gasteiger partial charge < -0.3 is 10.2 Å². The van der Waals surface area contributed by atoms with E-state index in [4.69, 9.17) is 0 Å². The Morgan fingerprint density at radius 1 is 1.44 bits per heavy atom. The van der Waals surface area contributed by atoms with Crippen LogP contribution in [-0.4, -0.2) is 29.1 Å². The maximum absolute atomic E-state index is 4.68. The third-order valence-corrected chi connectivity index (χ3v) is 3.53. The summed E-state index contributed by atoms with van der Waals surface area (Å²) >= 11 is 0. The van der Waals surface area contributed by atoms with Crippen LogP contribution in [0.5, 0.6) is 0 Å². The summed E-state index contributed by atoms with van der Waals surface area (Å²) < 4.78 is 0. The van der Waals surface area contributed by atoms with Gasteiger partial charge in [0.05, 0.1) is 0 Å². The topological polar surface area (TPSA) is 41.1 Å². The van der Waals surface area contributed by atoms with E-state index < -0.39 is 0 Å². The predicted molar refractivity (Wildman–Crippen MR) is 76.1 cm³/mol. The van der Waals surface area contributed by atoms with Crippen molar-refractivity contribution in [3.63, 3.8) is 0 Å². The van der Waals surface area contributed by atoms with E-state index in [-0.39, 0.29) is 0 Å². The molecule has 1 fully saturated rings. The van der Waals surface area contributed by atoms with E-state index in [9.17, 15) is 0 Å². The van der Waals surface area contributed by atoms with Crippen LogP contribution in [-0.2, 0) is 0 Å². The lowest BCUT2D eigenvalue weighted by Gasteiger charge is -2.24. The van der Waals surface area contributed by atoms with Crippen molar-refractivity contribution in [2.45, 2.75) is 46.6 Å². The zero-order valence-electron chi connectivity index (χ0n) is 11.9. The minimum Gasteiger partial charge on any atom is -0.354 e. The summed E-state index contributed by atoms with van der Waals surface area (Å²) in [5.41, 5.74) is 1.16. The summed E-state index contributed by atoms with van der Waals surface area (Å²) in [6, 6.07) is 0.577. The first-order chi connectivity index (χ1) is 8.61. The molecule has 0 radical (unpaired) electrons. The summed E-state index contributed by atoms with van der Waals surface area (Å²) in [6.07, 6.45) is 4.26. The molecular weight excluding hydrogens is 224 g/mol. The smallest absolute Gasteiger partial charge is 0.224 e. The van der Waals surface area contributed by atoms with E-state index in [2.05, 4.69) is 47.9 Å². The molecule has 4 heteroatoms. The number of aromatic nitrogens is 2. The first-order valence-corrected chi connectivity index (χ1v) is 6.96. The summed E-state index contributed by atoms with van der Waals surface area (Å²) in [6.45, 7) is 10.9. The van der Waals surface area contributed by atoms with Gasteiger partial charge in [-0.1, -0.05) is 13.8 Å². The summed E-state index contributed by atoms with van der Waals surface area (Å²) in [4.78, 5) is 11.4. The number of rotatable bonds is 4. The zero-order chi connectivity index (χ0) is 13.1. The lowest BCUT2D eigenvalue weighted by atomic mass is 10.1. The first-order valence-electron chi connectivity index (χ1n) is 6.96. The van der Waals surface area contributed by atoms with E-state index in [1.54, 1.807) is 0 Å². The van der Waals surface area contributed by atoms with Gasteiger partial charge in [0.15, 0.2) is 0 Å². The van der Waals surface area contributed by atoms with Crippen molar-refractivity contribution >= 4 is 11.8 Å². The third-order valence-electron chi connectivity index (χ3n) is 3.53. The lowest BCUT2D eigenvalue weighted by Crippen LogP contribution is -2.28. The molecule has 2 heterocycles. The Balaban J connectivity index is 2.20. The molecule has 2 atom stereocenters. The number of hydrogen-bond acceptors (Lipinski definition) is 4. The molecule has 1 aromatic rings. The van der Waals surface area contributed by atoms with Gasteiger partial charge in [0, 0.05) is 30.9 Å². The van der Waals surface area contributed by atoms with Crippen molar-refractivity contribution in [3.8, 4) is 0 Å².